The van der Waals surface area contributed by atoms with Crippen molar-refractivity contribution in [3.63, 3.8) is 0 Å². The van der Waals surface area contributed by atoms with Gasteiger partial charge in [-0.2, -0.15) is 0 Å². The first-order chi connectivity index (χ1) is 7.42. The summed E-state index contributed by atoms with van der Waals surface area (Å²) >= 11 is 0. The van der Waals surface area contributed by atoms with Crippen molar-refractivity contribution in [1.82, 2.24) is 10.2 Å². The Morgan fingerprint density at radius 2 is 1.93 bits per heavy atom. The zero-order chi connectivity index (χ0) is 10.1. The van der Waals surface area contributed by atoms with Crippen molar-refractivity contribution in [2.45, 2.75) is 44.6 Å². The second-order valence-corrected chi connectivity index (χ2v) is 5.78. The molecule has 2 heteroatoms. The highest BCUT2D eigenvalue weighted by atomic mass is 15.2. The van der Waals surface area contributed by atoms with E-state index in [-0.39, 0.29) is 0 Å². The topological polar surface area (TPSA) is 15.3 Å². The van der Waals surface area contributed by atoms with E-state index in [2.05, 4.69) is 10.2 Å². The highest BCUT2D eigenvalue weighted by Gasteiger charge is 2.33. The number of hydrogen-bond acceptors (Lipinski definition) is 2. The Kier molecular flexibility index (Phi) is 2.98. The minimum absolute atomic E-state index is 0.850. The molecule has 2 bridgehead atoms. The van der Waals surface area contributed by atoms with Crippen molar-refractivity contribution in [2.75, 3.05) is 26.2 Å². The highest BCUT2D eigenvalue weighted by Crippen LogP contribution is 2.33. The standard InChI is InChI=1S/C13H24N2/c1(2-11-3-4-11)7-14-13-6-9-15-8-5-12(13)10-15/h11-14H,1-10H2. The van der Waals surface area contributed by atoms with Gasteiger partial charge in [-0.25, -0.2) is 0 Å². The summed E-state index contributed by atoms with van der Waals surface area (Å²) < 4.78 is 0. The van der Waals surface area contributed by atoms with Gasteiger partial charge in [0.15, 0.2) is 0 Å². The Labute approximate surface area is 93.4 Å². The van der Waals surface area contributed by atoms with Crippen LogP contribution in [0.2, 0.25) is 0 Å². The van der Waals surface area contributed by atoms with Crippen LogP contribution in [0.4, 0.5) is 0 Å². The van der Waals surface area contributed by atoms with Crippen LogP contribution in [0.5, 0.6) is 0 Å². The minimum atomic E-state index is 0.850. The van der Waals surface area contributed by atoms with Crippen molar-refractivity contribution >= 4 is 0 Å². The van der Waals surface area contributed by atoms with Crippen LogP contribution in [0, 0.1) is 11.8 Å². The second-order valence-electron chi connectivity index (χ2n) is 5.78. The number of fused-ring (bicyclic) bond motifs is 2. The lowest BCUT2D eigenvalue weighted by Crippen LogP contribution is -2.44. The van der Waals surface area contributed by atoms with Crippen LogP contribution in [0.1, 0.15) is 38.5 Å². The van der Waals surface area contributed by atoms with Crippen LogP contribution in [0.25, 0.3) is 0 Å². The molecule has 86 valence electrons. The molecule has 3 fully saturated rings. The summed E-state index contributed by atoms with van der Waals surface area (Å²) in [5.74, 6) is 2.08. The monoisotopic (exact) mass is 208 g/mol. The van der Waals surface area contributed by atoms with Gasteiger partial charge in [0, 0.05) is 12.6 Å². The van der Waals surface area contributed by atoms with Gasteiger partial charge < -0.3 is 10.2 Å². The van der Waals surface area contributed by atoms with Gasteiger partial charge in [-0.3, -0.25) is 0 Å². The van der Waals surface area contributed by atoms with Crippen molar-refractivity contribution in [3.05, 3.63) is 0 Å². The molecule has 15 heavy (non-hydrogen) atoms. The average molecular weight is 208 g/mol. The first-order valence-electron chi connectivity index (χ1n) is 6.87. The van der Waals surface area contributed by atoms with Gasteiger partial charge in [0.05, 0.1) is 0 Å². The van der Waals surface area contributed by atoms with Gasteiger partial charge in [0.1, 0.15) is 0 Å². The van der Waals surface area contributed by atoms with Gasteiger partial charge in [-0.15, -0.1) is 0 Å². The quantitative estimate of drug-likeness (QED) is 0.694. The summed E-state index contributed by atoms with van der Waals surface area (Å²) in [7, 11) is 0. The fraction of sp³-hybridized carbons (Fsp3) is 1.00. The molecule has 2 nitrogen and oxygen atoms in total. The molecule has 1 N–H and O–H groups in total. The Morgan fingerprint density at radius 1 is 1.07 bits per heavy atom. The molecule has 0 aromatic rings. The zero-order valence-electron chi connectivity index (χ0n) is 9.75. The van der Waals surface area contributed by atoms with Crippen LogP contribution in [-0.4, -0.2) is 37.1 Å². The molecule has 0 spiro atoms. The Bertz CT molecular complexity index is 213. The van der Waals surface area contributed by atoms with Crippen LogP contribution < -0.4 is 5.32 Å². The molecular formula is C13H24N2. The lowest BCUT2D eigenvalue weighted by molar-refractivity contribution is 0.221. The lowest BCUT2D eigenvalue weighted by atomic mass is 9.94. The highest BCUT2D eigenvalue weighted by molar-refractivity contribution is 4.90. The fourth-order valence-electron chi connectivity index (χ4n) is 3.30. The van der Waals surface area contributed by atoms with E-state index in [1.165, 1.54) is 64.7 Å². The van der Waals surface area contributed by atoms with Crippen LogP contribution >= 0.6 is 0 Å². The lowest BCUT2D eigenvalue weighted by Gasteiger charge is -2.31. The molecule has 1 aliphatic carbocycles. The van der Waals surface area contributed by atoms with Gasteiger partial charge in [0.25, 0.3) is 0 Å². The van der Waals surface area contributed by atoms with E-state index in [0.29, 0.717) is 0 Å². The molecule has 0 aromatic heterocycles. The summed E-state index contributed by atoms with van der Waals surface area (Å²) in [6, 6.07) is 0.850. The maximum Gasteiger partial charge on any atom is 0.0120 e. The van der Waals surface area contributed by atoms with Crippen molar-refractivity contribution in [2.24, 2.45) is 11.8 Å². The molecule has 3 rings (SSSR count). The molecule has 0 radical (unpaired) electrons. The summed E-state index contributed by atoms with van der Waals surface area (Å²) in [5.41, 5.74) is 0. The molecule has 3 atom stereocenters. The largest absolute Gasteiger partial charge is 0.314 e. The third-order valence-electron chi connectivity index (χ3n) is 4.53. The molecule has 1 saturated carbocycles. The van der Waals surface area contributed by atoms with E-state index in [0.717, 1.165) is 17.9 Å². The summed E-state index contributed by atoms with van der Waals surface area (Å²) in [6.45, 7) is 5.36. The predicted molar refractivity (Wildman–Crippen MR) is 62.9 cm³/mol. The predicted octanol–water partition coefficient (Wildman–Crippen LogP) is 1.86. The fourth-order valence-corrected chi connectivity index (χ4v) is 3.30. The van der Waals surface area contributed by atoms with Gasteiger partial charge in [0.2, 0.25) is 0 Å². The maximum atomic E-state index is 3.81. The average Bonchev–Trinajstić information content (AvgIpc) is 3.00. The second kappa shape index (κ2) is 4.42. The van der Waals surface area contributed by atoms with Crippen molar-refractivity contribution in [3.8, 4) is 0 Å². The van der Waals surface area contributed by atoms with Crippen molar-refractivity contribution < 1.29 is 0 Å². The molecule has 0 aromatic carbocycles. The third-order valence-corrected chi connectivity index (χ3v) is 4.53. The van der Waals surface area contributed by atoms with E-state index >= 15 is 0 Å². The molecule has 3 unspecified atom stereocenters. The molecule has 0 amide bonds. The number of piperidine rings is 1. The number of rotatable bonds is 5. The summed E-state index contributed by atoms with van der Waals surface area (Å²) in [4.78, 5) is 2.63. The molecule has 2 heterocycles. The van der Waals surface area contributed by atoms with E-state index in [1.54, 1.807) is 0 Å². The molecular weight excluding hydrogens is 184 g/mol. The SMILES string of the molecule is C(CNC1CCN2CCC1C2)CC1CC1. The molecule has 2 aliphatic heterocycles. The van der Waals surface area contributed by atoms with E-state index < -0.39 is 0 Å². The Balaban J connectivity index is 1.35. The molecule has 3 aliphatic rings. The van der Waals surface area contributed by atoms with Gasteiger partial charge in [-0.1, -0.05) is 12.8 Å². The zero-order valence-corrected chi connectivity index (χ0v) is 9.75. The Hall–Kier alpha value is -0.0800. The number of nitrogens with zero attached hydrogens (tertiary/aromatic N) is 1. The van der Waals surface area contributed by atoms with Crippen LogP contribution in [0.3, 0.4) is 0 Å². The van der Waals surface area contributed by atoms with Crippen LogP contribution in [0.15, 0.2) is 0 Å². The maximum absolute atomic E-state index is 3.81. The summed E-state index contributed by atoms with van der Waals surface area (Å²) in [5, 5.41) is 3.81. The van der Waals surface area contributed by atoms with E-state index in [4.69, 9.17) is 0 Å². The van der Waals surface area contributed by atoms with Crippen LogP contribution in [-0.2, 0) is 0 Å². The first-order valence-corrected chi connectivity index (χ1v) is 6.87. The third kappa shape index (κ3) is 2.54. The minimum Gasteiger partial charge on any atom is -0.314 e. The molecule has 2 saturated heterocycles. The van der Waals surface area contributed by atoms with Gasteiger partial charge >= 0.3 is 0 Å². The van der Waals surface area contributed by atoms with E-state index in [1.807, 2.05) is 0 Å². The Morgan fingerprint density at radius 3 is 2.80 bits per heavy atom. The van der Waals surface area contributed by atoms with Crippen molar-refractivity contribution in [1.29, 1.82) is 0 Å². The van der Waals surface area contributed by atoms with Gasteiger partial charge in [-0.05, 0) is 57.2 Å². The number of nitrogens with one attached hydrogen (secondary N) is 1. The smallest absolute Gasteiger partial charge is 0.0120 e. The number of hydrogen-bond donors (Lipinski definition) is 1. The first kappa shape index (κ1) is 10.1. The summed E-state index contributed by atoms with van der Waals surface area (Å²) in [6.07, 6.45) is 8.77. The normalized spacial score (nSPS) is 39.6. The van der Waals surface area contributed by atoms with E-state index in [9.17, 15) is 0 Å².